The predicted molar refractivity (Wildman–Crippen MR) is 86.5 cm³/mol. The second-order valence-corrected chi connectivity index (χ2v) is 5.99. The van der Waals surface area contributed by atoms with Crippen molar-refractivity contribution in [3.63, 3.8) is 0 Å². The zero-order valence-electron chi connectivity index (χ0n) is 14.0. The number of carbonyl (C=O) groups is 2. The van der Waals surface area contributed by atoms with Crippen LogP contribution in [0.5, 0.6) is 0 Å². The Kier molecular flexibility index (Phi) is 5.20. The van der Waals surface area contributed by atoms with Crippen LogP contribution in [0.4, 0.5) is 0 Å². The molecule has 2 atom stereocenters. The number of aliphatic hydroxyl groups excluding tert-OH is 1. The molecular weight excluding hydrogens is 296 g/mol. The van der Waals surface area contributed by atoms with E-state index in [9.17, 15) is 14.7 Å². The molecule has 23 heavy (non-hydrogen) atoms. The van der Waals surface area contributed by atoms with Crippen molar-refractivity contribution in [3.8, 4) is 0 Å². The van der Waals surface area contributed by atoms with Crippen LogP contribution in [0.25, 0.3) is 6.08 Å². The quantitative estimate of drug-likeness (QED) is 0.765. The highest BCUT2D eigenvalue weighted by molar-refractivity contribution is 5.92. The third kappa shape index (κ3) is 3.79. The normalized spacial score (nSPS) is 21.2. The largest absolute Gasteiger partial charge is 0.391 e. The Balaban J connectivity index is 2.01. The number of hydrogen-bond donors (Lipinski definition) is 2. The molecule has 7 heteroatoms. The van der Waals surface area contributed by atoms with E-state index >= 15 is 0 Å². The molecular formula is C16H24N4O3. The average Bonchev–Trinajstić information content (AvgIpc) is 2.98. The standard InChI is InChI=1S/C16H24N4O3/c1-10-13(11(2)19(4)18-10)5-6-16(23)20-8-12(14(21)9-20)7-15(22)17-3/h5-6,12,14,21H,7-9H2,1-4H3,(H,17,22)/b6-5+/t12-,14-/m0/s1. The molecule has 0 unspecified atom stereocenters. The summed E-state index contributed by atoms with van der Waals surface area (Å²) in [6, 6.07) is 0. The first-order valence-corrected chi connectivity index (χ1v) is 7.69. The molecule has 1 aliphatic rings. The second-order valence-electron chi connectivity index (χ2n) is 5.99. The van der Waals surface area contributed by atoms with Gasteiger partial charge in [0.15, 0.2) is 0 Å². The molecule has 1 saturated heterocycles. The van der Waals surface area contributed by atoms with Crippen LogP contribution in [0.1, 0.15) is 23.4 Å². The number of aliphatic hydroxyl groups is 1. The molecule has 1 aromatic heterocycles. The number of rotatable bonds is 4. The van der Waals surface area contributed by atoms with Crippen LogP contribution in [0, 0.1) is 19.8 Å². The zero-order chi connectivity index (χ0) is 17.1. The predicted octanol–water partition coefficient (Wildman–Crippen LogP) is 0.00554. The number of aryl methyl sites for hydroxylation is 2. The number of nitrogens with zero attached hydrogens (tertiary/aromatic N) is 3. The number of amides is 2. The van der Waals surface area contributed by atoms with Crippen LogP contribution >= 0.6 is 0 Å². The summed E-state index contributed by atoms with van der Waals surface area (Å²) < 4.78 is 1.78. The zero-order valence-corrected chi connectivity index (χ0v) is 14.0. The van der Waals surface area contributed by atoms with Crippen molar-refractivity contribution in [2.45, 2.75) is 26.4 Å². The van der Waals surface area contributed by atoms with Gasteiger partial charge in [0.2, 0.25) is 11.8 Å². The van der Waals surface area contributed by atoms with Gasteiger partial charge in [0.1, 0.15) is 0 Å². The Hall–Kier alpha value is -2.15. The Morgan fingerprint density at radius 1 is 1.39 bits per heavy atom. The van der Waals surface area contributed by atoms with Gasteiger partial charge in [-0.3, -0.25) is 14.3 Å². The number of aromatic nitrogens is 2. The summed E-state index contributed by atoms with van der Waals surface area (Å²) in [5.41, 5.74) is 2.79. The highest BCUT2D eigenvalue weighted by Gasteiger charge is 2.34. The van der Waals surface area contributed by atoms with Gasteiger partial charge in [-0.1, -0.05) is 0 Å². The fraction of sp³-hybridized carbons (Fsp3) is 0.562. The van der Waals surface area contributed by atoms with Gasteiger partial charge in [0.25, 0.3) is 0 Å². The summed E-state index contributed by atoms with van der Waals surface area (Å²) in [5.74, 6) is -0.499. The SMILES string of the molecule is CNC(=O)C[C@H]1CN(C(=O)/C=C/c2c(C)nn(C)c2C)C[C@@H]1O. The molecule has 2 heterocycles. The number of nitrogens with one attached hydrogen (secondary N) is 1. The van der Waals surface area contributed by atoms with Crippen molar-refractivity contribution in [2.75, 3.05) is 20.1 Å². The highest BCUT2D eigenvalue weighted by atomic mass is 16.3. The van der Waals surface area contributed by atoms with Gasteiger partial charge in [0.05, 0.1) is 11.8 Å². The molecule has 0 spiro atoms. The van der Waals surface area contributed by atoms with Crippen molar-refractivity contribution in [1.29, 1.82) is 0 Å². The van der Waals surface area contributed by atoms with E-state index in [0.29, 0.717) is 6.54 Å². The van der Waals surface area contributed by atoms with Crippen molar-refractivity contribution >= 4 is 17.9 Å². The van der Waals surface area contributed by atoms with Crippen LogP contribution in [-0.4, -0.2) is 57.8 Å². The van der Waals surface area contributed by atoms with Crippen LogP contribution in [0.3, 0.4) is 0 Å². The van der Waals surface area contributed by atoms with Crippen molar-refractivity contribution in [2.24, 2.45) is 13.0 Å². The topological polar surface area (TPSA) is 87.5 Å². The summed E-state index contributed by atoms with van der Waals surface area (Å²) in [7, 11) is 3.43. The molecule has 0 bridgehead atoms. The van der Waals surface area contributed by atoms with Gasteiger partial charge in [-0.25, -0.2) is 0 Å². The van der Waals surface area contributed by atoms with Crippen LogP contribution in [-0.2, 0) is 16.6 Å². The first-order valence-electron chi connectivity index (χ1n) is 7.69. The Morgan fingerprint density at radius 2 is 2.09 bits per heavy atom. The minimum Gasteiger partial charge on any atom is -0.391 e. The third-order valence-electron chi connectivity index (χ3n) is 4.40. The molecule has 0 radical (unpaired) electrons. The molecule has 1 aromatic rings. The smallest absolute Gasteiger partial charge is 0.246 e. The molecule has 1 fully saturated rings. The van der Waals surface area contributed by atoms with Crippen LogP contribution in [0.15, 0.2) is 6.08 Å². The maximum Gasteiger partial charge on any atom is 0.246 e. The molecule has 2 amide bonds. The van der Waals surface area contributed by atoms with E-state index in [1.807, 2.05) is 20.9 Å². The molecule has 0 aliphatic carbocycles. The lowest BCUT2D eigenvalue weighted by Gasteiger charge is -2.13. The van der Waals surface area contributed by atoms with Gasteiger partial charge >= 0.3 is 0 Å². The Morgan fingerprint density at radius 3 is 2.65 bits per heavy atom. The van der Waals surface area contributed by atoms with Gasteiger partial charge in [-0.2, -0.15) is 5.10 Å². The fourth-order valence-electron chi connectivity index (χ4n) is 2.87. The van der Waals surface area contributed by atoms with Crippen LogP contribution < -0.4 is 5.32 Å². The molecule has 2 N–H and O–H groups in total. The van der Waals surface area contributed by atoms with E-state index in [1.54, 1.807) is 22.7 Å². The lowest BCUT2D eigenvalue weighted by Crippen LogP contribution is -2.28. The second kappa shape index (κ2) is 6.95. The van der Waals surface area contributed by atoms with Gasteiger partial charge in [-0.05, 0) is 19.9 Å². The number of hydrogen-bond acceptors (Lipinski definition) is 4. The van der Waals surface area contributed by atoms with E-state index in [2.05, 4.69) is 10.4 Å². The lowest BCUT2D eigenvalue weighted by molar-refractivity contribution is -0.126. The molecule has 1 aliphatic heterocycles. The highest BCUT2D eigenvalue weighted by Crippen LogP contribution is 2.21. The van der Waals surface area contributed by atoms with Crippen LogP contribution in [0.2, 0.25) is 0 Å². The summed E-state index contributed by atoms with van der Waals surface area (Å²) in [5, 5.41) is 16.9. The fourth-order valence-corrected chi connectivity index (χ4v) is 2.87. The molecule has 0 saturated carbocycles. The van der Waals surface area contributed by atoms with Crippen molar-refractivity contribution in [3.05, 3.63) is 23.0 Å². The van der Waals surface area contributed by atoms with E-state index in [4.69, 9.17) is 0 Å². The number of carbonyl (C=O) groups excluding carboxylic acids is 2. The Bertz CT molecular complexity index is 636. The van der Waals surface area contributed by atoms with Gasteiger partial charge < -0.3 is 15.3 Å². The minimum atomic E-state index is -0.661. The third-order valence-corrected chi connectivity index (χ3v) is 4.40. The van der Waals surface area contributed by atoms with Gasteiger partial charge in [0, 0.05) is 56.9 Å². The molecule has 0 aromatic carbocycles. The lowest BCUT2D eigenvalue weighted by atomic mass is 10.0. The van der Waals surface area contributed by atoms with Gasteiger partial charge in [-0.15, -0.1) is 0 Å². The number of likely N-dealkylation sites (tertiary alicyclic amines) is 1. The molecule has 7 nitrogen and oxygen atoms in total. The Labute approximate surface area is 136 Å². The first-order chi connectivity index (χ1) is 10.8. The number of β-amino-alcohol motifs (C(OH)–C–C–N with tert-alkyl or cyclic N) is 1. The van der Waals surface area contributed by atoms with E-state index in [1.165, 1.54) is 6.08 Å². The first kappa shape index (κ1) is 17.2. The minimum absolute atomic E-state index is 0.125. The van der Waals surface area contributed by atoms with E-state index in [0.717, 1.165) is 17.0 Å². The summed E-state index contributed by atoms with van der Waals surface area (Å²) >= 11 is 0. The average molecular weight is 320 g/mol. The van der Waals surface area contributed by atoms with E-state index in [-0.39, 0.29) is 30.7 Å². The van der Waals surface area contributed by atoms with Crippen molar-refractivity contribution < 1.29 is 14.7 Å². The maximum absolute atomic E-state index is 12.3. The van der Waals surface area contributed by atoms with E-state index < -0.39 is 6.10 Å². The molecule has 2 rings (SSSR count). The maximum atomic E-state index is 12.3. The van der Waals surface area contributed by atoms with Crippen molar-refractivity contribution in [1.82, 2.24) is 20.0 Å². The summed E-state index contributed by atoms with van der Waals surface area (Å²) in [6.45, 7) is 4.50. The summed E-state index contributed by atoms with van der Waals surface area (Å²) in [4.78, 5) is 25.3. The summed E-state index contributed by atoms with van der Waals surface area (Å²) in [6.07, 6.45) is 2.84. The monoisotopic (exact) mass is 320 g/mol. The molecule has 126 valence electrons.